The molecule has 26 heavy (non-hydrogen) atoms. The molecular formula is C25H26O. The van der Waals surface area contributed by atoms with Gasteiger partial charge in [0.2, 0.25) is 0 Å². The third kappa shape index (κ3) is 2.03. The Balaban J connectivity index is 1.95. The van der Waals surface area contributed by atoms with E-state index in [1.807, 2.05) is 0 Å². The van der Waals surface area contributed by atoms with E-state index >= 15 is 0 Å². The lowest BCUT2D eigenvalue weighted by molar-refractivity contribution is 0.331. The van der Waals surface area contributed by atoms with Crippen LogP contribution in [0.25, 0.3) is 32.7 Å². The fraction of sp³-hybridized carbons (Fsp3) is 0.360. The van der Waals surface area contributed by atoms with Gasteiger partial charge in [-0.25, -0.2) is 0 Å². The molecule has 4 aromatic rings. The summed E-state index contributed by atoms with van der Waals surface area (Å²) in [6.07, 6.45) is 2.42. The third-order valence-corrected chi connectivity index (χ3v) is 6.64. The van der Waals surface area contributed by atoms with E-state index in [0.717, 1.165) is 11.2 Å². The smallest absolute Gasteiger partial charge is 0.139 e. The Kier molecular flexibility index (Phi) is 3.01. The van der Waals surface area contributed by atoms with Crippen molar-refractivity contribution in [3.63, 3.8) is 0 Å². The average Bonchev–Trinajstić information content (AvgIpc) is 2.95. The zero-order valence-corrected chi connectivity index (χ0v) is 16.4. The summed E-state index contributed by atoms with van der Waals surface area (Å²) in [5.74, 6) is 0. The van der Waals surface area contributed by atoms with Gasteiger partial charge in [-0.05, 0) is 64.6 Å². The van der Waals surface area contributed by atoms with E-state index < -0.39 is 0 Å². The lowest BCUT2D eigenvalue weighted by Crippen LogP contribution is -2.33. The van der Waals surface area contributed by atoms with Crippen LogP contribution in [-0.2, 0) is 10.8 Å². The van der Waals surface area contributed by atoms with Gasteiger partial charge in [0.15, 0.2) is 0 Å². The molecule has 0 aliphatic heterocycles. The maximum absolute atomic E-state index is 6.53. The minimum absolute atomic E-state index is 0.146. The Morgan fingerprint density at radius 1 is 0.808 bits per heavy atom. The second-order valence-corrected chi connectivity index (χ2v) is 9.38. The Morgan fingerprint density at radius 2 is 1.58 bits per heavy atom. The van der Waals surface area contributed by atoms with E-state index in [2.05, 4.69) is 77.1 Å². The molecule has 1 aliphatic rings. The predicted molar refractivity (Wildman–Crippen MR) is 111 cm³/mol. The highest BCUT2D eigenvalue weighted by atomic mass is 16.3. The molecule has 1 aromatic heterocycles. The molecule has 0 saturated heterocycles. The highest BCUT2D eigenvalue weighted by molar-refractivity contribution is 6.11. The molecule has 0 saturated carbocycles. The van der Waals surface area contributed by atoms with Crippen molar-refractivity contribution >= 4 is 32.7 Å². The number of rotatable bonds is 0. The maximum atomic E-state index is 6.53. The molecule has 3 aromatic carbocycles. The van der Waals surface area contributed by atoms with Crippen LogP contribution in [0.3, 0.4) is 0 Å². The molecule has 0 bridgehead atoms. The maximum Gasteiger partial charge on any atom is 0.139 e. The second-order valence-electron chi connectivity index (χ2n) is 9.38. The van der Waals surface area contributed by atoms with E-state index in [1.54, 1.807) is 0 Å². The first-order valence-electron chi connectivity index (χ1n) is 9.67. The Labute approximate surface area is 155 Å². The van der Waals surface area contributed by atoms with Crippen molar-refractivity contribution < 1.29 is 4.42 Å². The highest BCUT2D eigenvalue weighted by Gasteiger charge is 2.39. The molecule has 0 amide bonds. The molecule has 1 nitrogen and oxygen atoms in total. The van der Waals surface area contributed by atoms with Gasteiger partial charge in [-0.1, -0.05) is 58.0 Å². The molecule has 0 N–H and O–H groups in total. The first-order valence-corrected chi connectivity index (χ1v) is 9.67. The number of hydrogen-bond donors (Lipinski definition) is 0. The van der Waals surface area contributed by atoms with E-state index in [0.29, 0.717) is 0 Å². The van der Waals surface area contributed by atoms with Crippen molar-refractivity contribution in [2.24, 2.45) is 0 Å². The van der Waals surface area contributed by atoms with E-state index in [1.165, 1.54) is 51.1 Å². The van der Waals surface area contributed by atoms with Crippen LogP contribution < -0.4 is 0 Å². The molecule has 0 fully saturated rings. The van der Waals surface area contributed by atoms with Crippen LogP contribution in [-0.4, -0.2) is 0 Å². The fourth-order valence-electron chi connectivity index (χ4n) is 4.89. The molecular weight excluding hydrogens is 316 g/mol. The number of fused-ring (bicyclic) bond motifs is 6. The number of hydrogen-bond acceptors (Lipinski definition) is 1. The van der Waals surface area contributed by atoms with Crippen LogP contribution in [0.4, 0.5) is 0 Å². The SMILES string of the molecule is Cc1cccc2cc3oc4c5c(ccc4c3cc12)C(C)(C)CCC5(C)C. The molecule has 0 spiro atoms. The zero-order chi connectivity index (χ0) is 18.3. The minimum atomic E-state index is 0.146. The molecule has 132 valence electrons. The topological polar surface area (TPSA) is 13.1 Å². The van der Waals surface area contributed by atoms with Gasteiger partial charge in [-0.15, -0.1) is 0 Å². The summed E-state index contributed by atoms with van der Waals surface area (Å²) in [4.78, 5) is 0. The van der Waals surface area contributed by atoms with Gasteiger partial charge < -0.3 is 4.42 Å². The van der Waals surface area contributed by atoms with Crippen LogP contribution in [0, 0.1) is 6.92 Å². The predicted octanol–water partition coefficient (Wildman–Crippen LogP) is 7.40. The molecule has 0 radical (unpaired) electrons. The molecule has 0 atom stereocenters. The van der Waals surface area contributed by atoms with Gasteiger partial charge in [0, 0.05) is 16.3 Å². The third-order valence-electron chi connectivity index (χ3n) is 6.64. The Morgan fingerprint density at radius 3 is 2.38 bits per heavy atom. The van der Waals surface area contributed by atoms with Crippen molar-refractivity contribution in [3.8, 4) is 0 Å². The van der Waals surface area contributed by atoms with E-state index in [9.17, 15) is 0 Å². The molecule has 0 unspecified atom stereocenters. The molecule has 1 heterocycles. The molecule has 1 aliphatic carbocycles. The monoisotopic (exact) mass is 342 g/mol. The van der Waals surface area contributed by atoms with Gasteiger partial charge in [-0.3, -0.25) is 0 Å². The highest BCUT2D eigenvalue weighted by Crippen LogP contribution is 2.50. The quantitative estimate of drug-likeness (QED) is 0.324. The molecule has 5 rings (SSSR count). The van der Waals surface area contributed by atoms with Crippen molar-refractivity contribution in [1.29, 1.82) is 0 Å². The Bertz CT molecular complexity index is 1190. The standard InChI is InChI=1S/C25H26O/c1-15-7-6-8-16-13-21-19(14-18(15)16)17-9-10-20-22(23(17)26-21)25(4,5)12-11-24(20,2)3/h6-10,13-14H,11-12H2,1-5H3. The van der Waals surface area contributed by atoms with Gasteiger partial charge in [-0.2, -0.15) is 0 Å². The van der Waals surface area contributed by atoms with Crippen molar-refractivity contribution in [2.45, 2.75) is 58.3 Å². The summed E-state index contributed by atoms with van der Waals surface area (Å²) in [6.45, 7) is 11.7. The lowest BCUT2D eigenvalue weighted by Gasteiger charge is -2.41. The summed E-state index contributed by atoms with van der Waals surface area (Å²) in [7, 11) is 0. The van der Waals surface area contributed by atoms with Crippen molar-refractivity contribution in [1.82, 2.24) is 0 Å². The van der Waals surface area contributed by atoms with Crippen molar-refractivity contribution in [3.05, 3.63) is 59.2 Å². The number of furan rings is 1. The van der Waals surface area contributed by atoms with E-state index in [4.69, 9.17) is 4.42 Å². The minimum Gasteiger partial charge on any atom is -0.456 e. The van der Waals surface area contributed by atoms with Gasteiger partial charge in [0.05, 0.1) is 0 Å². The number of aryl methyl sites for hydroxylation is 1. The largest absolute Gasteiger partial charge is 0.456 e. The first kappa shape index (κ1) is 15.9. The summed E-state index contributed by atoms with van der Waals surface area (Å²) < 4.78 is 6.53. The first-order chi connectivity index (χ1) is 12.3. The van der Waals surface area contributed by atoms with Crippen LogP contribution in [0.15, 0.2) is 46.9 Å². The zero-order valence-electron chi connectivity index (χ0n) is 16.4. The normalized spacial score (nSPS) is 18.5. The summed E-state index contributed by atoms with van der Waals surface area (Å²) in [6, 6.07) is 15.7. The number of benzene rings is 3. The van der Waals surface area contributed by atoms with Crippen LogP contribution in [0.5, 0.6) is 0 Å². The summed E-state index contributed by atoms with van der Waals surface area (Å²) >= 11 is 0. The second kappa shape index (κ2) is 4.91. The summed E-state index contributed by atoms with van der Waals surface area (Å²) in [5.41, 5.74) is 6.66. The van der Waals surface area contributed by atoms with Crippen LogP contribution in [0.1, 0.15) is 57.2 Å². The van der Waals surface area contributed by atoms with Gasteiger partial charge in [0.25, 0.3) is 0 Å². The molecule has 1 heteroatoms. The van der Waals surface area contributed by atoms with Gasteiger partial charge in [0.1, 0.15) is 11.2 Å². The lowest BCUT2D eigenvalue weighted by atomic mass is 9.63. The summed E-state index contributed by atoms with van der Waals surface area (Å²) in [5, 5.41) is 5.07. The van der Waals surface area contributed by atoms with Crippen LogP contribution >= 0.6 is 0 Å². The van der Waals surface area contributed by atoms with Crippen LogP contribution in [0.2, 0.25) is 0 Å². The fourth-order valence-corrected chi connectivity index (χ4v) is 4.89. The van der Waals surface area contributed by atoms with E-state index in [-0.39, 0.29) is 10.8 Å². The van der Waals surface area contributed by atoms with Crippen molar-refractivity contribution in [2.75, 3.05) is 0 Å². The average molecular weight is 342 g/mol. The Hall–Kier alpha value is -2.28. The van der Waals surface area contributed by atoms with Gasteiger partial charge >= 0.3 is 0 Å².